The number of anilines is 1. The van der Waals surface area contributed by atoms with Crippen LogP contribution >= 0.6 is 0 Å². The van der Waals surface area contributed by atoms with Gasteiger partial charge in [-0.2, -0.15) is 0 Å². The zero-order chi connectivity index (χ0) is 14.5. The van der Waals surface area contributed by atoms with Crippen molar-refractivity contribution in [1.82, 2.24) is 4.90 Å². The average molecular weight is 276 g/mol. The lowest BCUT2D eigenvalue weighted by atomic mass is 9.95. The lowest BCUT2D eigenvalue weighted by Crippen LogP contribution is -2.36. The number of hydrogen-bond acceptors (Lipinski definition) is 3. The molecule has 1 saturated heterocycles. The highest BCUT2D eigenvalue weighted by molar-refractivity contribution is 5.83. The van der Waals surface area contributed by atoms with Crippen LogP contribution in [-0.4, -0.2) is 51.2 Å². The van der Waals surface area contributed by atoms with Crippen molar-refractivity contribution in [1.29, 1.82) is 0 Å². The van der Waals surface area contributed by atoms with E-state index in [9.17, 15) is 4.79 Å². The van der Waals surface area contributed by atoms with E-state index in [0.29, 0.717) is 0 Å². The van der Waals surface area contributed by atoms with Gasteiger partial charge in [-0.25, -0.2) is 0 Å². The fourth-order valence-electron chi connectivity index (χ4n) is 2.60. The molecular weight excluding hydrogens is 252 g/mol. The maximum Gasteiger partial charge on any atom is 0.229 e. The molecule has 20 heavy (non-hydrogen) atoms. The van der Waals surface area contributed by atoms with Gasteiger partial charge in [0.1, 0.15) is 0 Å². The van der Waals surface area contributed by atoms with Crippen LogP contribution in [0.3, 0.4) is 0 Å². The van der Waals surface area contributed by atoms with Gasteiger partial charge in [0.2, 0.25) is 5.91 Å². The lowest BCUT2D eigenvalue weighted by molar-refractivity contribution is -0.130. The van der Waals surface area contributed by atoms with Gasteiger partial charge in [-0.1, -0.05) is 19.1 Å². The fourth-order valence-corrected chi connectivity index (χ4v) is 2.60. The normalized spacial score (nSPS) is 16.9. The molecule has 4 heteroatoms. The first-order valence-corrected chi connectivity index (χ1v) is 7.27. The van der Waals surface area contributed by atoms with E-state index >= 15 is 0 Å². The Hall–Kier alpha value is -1.55. The Morgan fingerprint density at radius 1 is 1.25 bits per heavy atom. The molecular formula is C16H24N2O2. The quantitative estimate of drug-likeness (QED) is 0.844. The first kappa shape index (κ1) is 14.9. The Bertz CT molecular complexity index is 436. The van der Waals surface area contributed by atoms with E-state index in [1.807, 2.05) is 14.1 Å². The summed E-state index contributed by atoms with van der Waals surface area (Å²) in [4.78, 5) is 16.2. The molecule has 1 atom stereocenters. The highest BCUT2D eigenvalue weighted by atomic mass is 16.5. The van der Waals surface area contributed by atoms with Gasteiger partial charge in [-0.05, 0) is 24.1 Å². The van der Waals surface area contributed by atoms with E-state index in [1.165, 1.54) is 5.69 Å². The van der Waals surface area contributed by atoms with E-state index in [4.69, 9.17) is 4.74 Å². The van der Waals surface area contributed by atoms with E-state index < -0.39 is 0 Å². The third-order valence-corrected chi connectivity index (χ3v) is 3.82. The van der Waals surface area contributed by atoms with Crippen LogP contribution in [0.5, 0.6) is 0 Å². The van der Waals surface area contributed by atoms with Gasteiger partial charge >= 0.3 is 0 Å². The van der Waals surface area contributed by atoms with Crippen molar-refractivity contribution in [3.8, 4) is 0 Å². The standard InChI is InChI=1S/C16H24N2O2/c1-4-15(16(19)17(2)3)13-5-7-14(8-6-13)18-9-11-20-12-10-18/h5-8,15H,4,9-12H2,1-3H3. The molecule has 1 amide bonds. The van der Waals surface area contributed by atoms with Gasteiger partial charge in [0.05, 0.1) is 19.1 Å². The number of amides is 1. The van der Waals surface area contributed by atoms with Crippen molar-refractivity contribution < 1.29 is 9.53 Å². The summed E-state index contributed by atoms with van der Waals surface area (Å²) >= 11 is 0. The van der Waals surface area contributed by atoms with Crippen molar-refractivity contribution in [3.63, 3.8) is 0 Å². The maximum atomic E-state index is 12.2. The third kappa shape index (κ3) is 3.31. The number of benzene rings is 1. The smallest absolute Gasteiger partial charge is 0.229 e. The van der Waals surface area contributed by atoms with Gasteiger partial charge in [-0.15, -0.1) is 0 Å². The molecule has 0 aromatic heterocycles. The molecule has 1 fully saturated rings. The molecule has 0 spiro atoms. The van der Waals surface area contributed by atoms with E-state index in [0.717, 1.165) is 38.3 Å². The van der Waals surface area contributed by atoms with E-state index in [2.05, 4.69) is 36.1 Å². The zero-order valence-electron chi connectivity index (χ0n) is 12.6. The van der Waals surface area contributed by atoms with Crippen molar-refractivity contribution in [2.24, 2.45) is 0 Å². The Balaban J connectivity index is 2.11. The summed E-state index contributed by atoms with van der Waals surface area (Å²) in [7, 11) is 3.63. The van der Waals surface area contributed by atoms with E-state index in [1.54, 1.807) is 4.90 Å². The first-order valence-electron chi connectivity index (χ1n) is 7.27. The molecule has 1 aromatic carbocycles. The predicted molar refractivity (Wildman–Crippen MR) is 81.2 cm³/mol. The Morgan fingerprint density at radius 3 is 2.35 bits per heavy atom. The highest BCUT2D eigenvalue weighted by Gasteiger charge is 2.20. The van der Waals surface area contributed by atoms with Crippen LogP contribution in [-0.2, 0) is 9.53 Å². The minimum absolute atomic E-state index is 0.0382. The molecule has 1 unspecified atom stereocenters. The molecule has 110 valence electrons. The number of nitrogens with zero attached hydrogens (tertiary/aromatic N) is 2. The van der Waals surface area contributed by atoms with Crippen molar-refractivity contribution >= 4 is 11.6 Å². The summed E-state index contributed by atoms with van der Waals surface area (Å²) in [6.45, 7) is 5.51. The van der Waals surface area contributed by atoms with Crippen LogP contribution in [0.4, 0.5) is 5.69 Å². The number of carbonyl (C=O) groups is 1. The van der Waals surface area contributed by atoms with Crippen LogP contribution < -0.4 is 4.90 Å². The molecule has 0 aliphatic carbocycles. The summed E-state index contributed by atoms with van der Waals surface area (Å²) in [5.74, 6) is 0.135. The summed E-state index contributed by atoms with van der Waals surface area (Å²) in [6, 6.07) is 8.40. The number of carbonyl (C=O) groups excluding carboxylic acids is 1. The van der Waals surface area contributed by atoms with Crippen LogP contribution in [0.1, 0.15) is 24.8 Å². The topological polar surface area (TPSA) is 32.8 Å². The summed E-state index contributed by atoms with van der Waals surface area (Å²) < 4.78 is 5.37. The monoisotopic (exact) mass is 276 g/mol. The zero-order valence-corrected chi connectivity index (χ0v) is 12.6. The summed E-state index contributed by atoms with van der Waals surface area (Å²) in [5, 5.41) is 0. The minimum Gasteiger partial charge on any atom is -0.378 e. The van der Waals surface area contributed by atoms with Gasteiger partial charge in [-0.3, -0.25) is 4.79 Å². The largest absolute Gasteiger partial charge is 0.378 e. The Labute approximate surface area is 121 Å². The number of hydrogen-bond donors (Lipinski definition) is 0. The maximum absolute atomic E-state index is 12.2. The van der Waals surface area contributed by atoms with Crippen LogP contribution in [0.25, 0.3) is 0 Å². The predicted octanol–water partition coefficient (Wildman–Crippen LogP) is 2.10. The Morgan fingerprint density at radius 2 is 1.85 bits per heavy atom. The molecule has 1 aromatic rings. The molecule has 4 nitrogen and oxygen atoms in total. The first-order chi connectivity index (χ1) is 9.63. The van der Waals surface area contributed by atoms with E-state index in [-0.39, 0.29) is 11.8 Å². The van der Waals surface area contributed by atoms with Gasteiger partial charge in [0.15, 0.2) is 0 Å². The third-order valence-electron chi connectivity index (χ3n) is 3.82. The van der Waals surface area contributed by atoms with Gasteiger partial charge in [0.25, 0.3) is 0 Å². The SMILES string of the molecule is CCC(C(=O)N(C)C)c1ccc(N2CCOCC2)cc1. The molecule has 2 rings (SSSR count). The second kappa shape index (κ2) is 6.75. The average Bonchev–Trinajstić information content (AvgIpc) is 2.49. The molecule has 1 heterocycles. The molecule has 1 aliphatic rings. The molecule has 0 radical (unpaired) electrons. The molecule has 0 bridgehead atoms. The van der Waals surface area contributed by atoms with Crippen molar-refractivity contribution in [2.45, 2.75) is 19.3 Å². The Kier molecular flexibility index (Phi) is 5.01. The summed E-state index contributed by atoms with van der Waals surface area (Å²) in [6.07, 6.45) is 0.827. The lowest BCUT2D eigenvalue weighted by Gasteiger charge is -2.29. The number of rotatable bonds is 4. The van der Waals surface area contributed by atoms with Crippen molar-refractivity contribution in [3.05, 3.63) is 29.8 Å². The number of likely N-dealkylation sites (N-methyl/N-ethyl adjacent to an activating group) is 1. The van der Waals surface area contributed by atoms with Crippen LogP contribution in [0.15, 0.2) is 24.3 Å². The fraction of sp³-hybridized carbons (Fsp3) is 0.562. The van der Waals surface area contributed by atoms with Gasteiger partial charge < -0.3 is 14.5 Å². The number of morpholine rings is 1. The molecule has 0 N–H and O–H groups in total. The second-order valence-electron chi connectivity index (χ2n) is 5.38. The van der Waals surface area contributed by atoms with Crippen LogP contribution in [0, 0.1) is 0 Å². The molecule has 1 aliphatic heterocycles. The van der Waals surface area contributed by atoms with Gasteiger partial charge in [0, 0.05) is 32.9 Å². The second-order valence-corrected chi connectivity index (χ2v) is 5.38. The molecule has 0 saturated carbocycles. The highest BCUT2D eigenvalue weighted by Crippen LogP contribution is 2.24. The minimum atomic E-state index is -0.0382. The number of ether oxygens (including phenoxy) is 1. The summed E-state index contributed by atoms with van der Waals surface area (Å²) in [5.41, 5.74) is 2.31. The van der Waals surface area contributed by atoms with Crippen LogP contribution in [0.2, 0.25) is 0 Å². The van der Waals surface area contributed by atoms with Crippen molar-refractivity contribution in [2.75, 3.05) is 45.3 Å².